The van der Waals surface area contributed by atoms with E-state index >= 15 is 0 Å². The number of rotatable bonds is 14. The fraction of sp³-hybridized carbons (Fsp3) is 0.565. The lowest BCUT2D eigenvalue weighted by molar-refractivity contribution is -0.131. The van der Waals surface area contributed by atoms with E-state index in [1.165, 1.54) is 37.0 Å². The van der Waals surface area contributed by atoms with Crippen LogP contribution in [0.25, 0.3) is 10.6 Å². The molecule has 6 nitrogen and oxygen atoms in total. The van der Waals surface area contributed by atoms with E-state index in [1.54, 1.807) is 12.1 Å². The van der Waals surface area contributed by atoms with Gasteiger partial charge < -0.3 is 10.2 Å². The van der Waals surface area contributed by atoms with Crippen molar-refractivity contribution in [3.8, 4) is 10.6 Å². The maximum absolute atomic E-state index is 12.5. The summed E-state index contributed by atoms with van der Waals surface area (Å²) < 4.78 is 0. The predicted octanol–water partition coefficient (Wildman–Crippen LogP) is 6.18. The Hall–Kier alpha value is -1.99. The fourth-order valence-electron chi connectivity index (χ4n) is 3.25. The second-order valence-corrected chi connectivity index (χ2v) is 9.03. The number of carbonyl (C=O) groups is 2. The van der Waals surface area contributed by atoms with Crippen LogP contribution >= 0.6 is 22.9 Å². The van der Waals surface area contributed by atoms with Crippen molar-refractivity contribution in [1.29, 1.82) is 0 Å². The molecule has 0 spiro atoms. The summed E-state index contributed by atoms with van der Waals surface area (Å²) in [7, 11) is 0. The molecule has 0 fully saturated rings. The lowest BCUT2D eigenvalue weighted by Gasteiger charge is -2.22. The number of hydrogen-bond donors (Lipinski definition) is 1. The number of nitrogens with zero attached hydrogens (tertiary/aromatic N) is 3. The molecule has 31 heavy (non-hydrogen) atoms. The zero-order chi connectivity index (χ0) is 22.5. The SMILES string of the molecule is CCCCCCCCC(=O)N(CCC)CCC(=O)Nc1nnc(-c2ccc(Cl)cc2)s1. The summed E-state index contributed by atoms with van der Waals surface area (Å²) in [5.41, 5.74) is 0.900. The Bertz CT molecular complexity index is 810. The van der Waals surface area contributed by atoms with Gasteiger partial charge in [-0.2, -0.15) is 0 Å². The van der Waals surface area contributed by atoms with E-state index in [-0.39, 0.29) is 18.2 Å². The molecule has 0 aliphatic rings. The second kappa shape index (κ2) is 14.1. The van der Waals surface area contributed by atoms with Crippen LogP contribution in [0.15, 0.2) is 24.3 Å². The Morgan fingerprint density at radius 3 is 2.35 bits per heavy atom. The molecular formula is C23H33ClN4O2S. The summed E-state index contributed by atoms with van der Waals surface area (Å²) in [6.45, 7) is 5.36. The van der Waals surface area contributed by atoms with Gasteiger partial charge in [0.25, 0.3) is 0 Å². The standard InChI is InChI=1S/C23H33ClN4O2S/c1-3-5-6-7-8-9-10-21(30)28(16-4-2)17-15-20(29)25-23-27-26-22(31-23)18-11-13-19(24)14-12-18/h11-14H,3-10,15-17H2,1-2H3,(H,25,27,29). The molecule has 2 amide bonds. The van der Waals surface area contributed by atoms with Gasteiger partial charge in [-0.05, 0) is 25.0 Å². The van der Waals surface area contributed by atoms with Crippen molar-refractivity contribution in [2.45, 2.75) is 71.6 Å². The van der Waals surface area contributed by atoms with Crippen LogP contribution in [0.3, 0.4) is 0 Å². The van der Waals surface area contributed by atoms with Crippen molar-refractivity contribution in [2.75, 3.05) is 18.4 Å². The minimum absolute atomic E-state index is 0.145. The molecular weight excluding hydrogens is 432 g/mol. The zero-order valence-corrected chi connectivity index (χ0v) is 20.1. The molecule has 1 N–H and O–H groups in total. The molecule has 2 aromatic rings. The van der Waals surface area contributed by atoms with Crippen LogP contribution in [0.2, 0.25) is 5.02 Å². The summed E-state index contributed by atoms with van der Waals surface area (Å²) in [5.74, 6) is -0.0154. The quantitative estimate of drug-likeness (QED) is 0.339. The highest BCUT2D eigenvalue weighted by atomic mass is 35.5. The topological polar surface area (TPSA) is 75.2 Å². The van der Waals surface area contributed by atoms with E-state index in [4.69, 9.17) is 11.6 Å². The van der Waals surface area contributed by atoms with Gasteiger partial charge in [-0.3, -0.25) is 9.59 Å². The van der Waals surface area contributed by atoms with Crippen LogP contribution in [0.1, 0.15) is 71.6 Å². The van der Waals surface area contributed by atoms with Gasteiger partial charge in [0.15, 0.2) is 0 Å². The summed E-state index contributed by atoms with van der Waals surface area (Å²) in [4.78, 5) is 26.7. The maximum Gasteiger partial charge on any atom is 0.227 e. The molecule has 0 bridgehead atoms. The van der Waals surface area contributed by atoms with Gasteiger partial charge in [0.1, 0.15) is 5.01 Å². The zero-order valence-electron chi connectivity index (χ0n) is 18.5. The van der Waals surface area contributed by atoms with Crippen LogP contribution in [-0.2, 0) is 9.59 Å². The predicted molar refractivity (Wildman–Crippen MR) is 128 cm³/mol. The molecule has 0 unspecified atom stereocenters. The van der Waals surface area contributed by atoms with Crippen LogP contribution in [0.5, 0.6) is 0 Å². The van der Waals surface area contributed by atoms with E-state index < -0.39 is 0 Å². The average molecular weight is 465 g/mol. The van der Waals surface area contributed by atoms with Gasteiger partial charge in [-0.1, -0.05) is 81.0 Å². The number of carbonyl (C=O) groups excluding carboxylic acids is 2. The number of unbranched alkanes of at least 4 members (excludes halogenated alkanes) is 5. The van der Waals surface area contributed by atoms with E-state index in [0.29, 0.717) is 34.7 Å². The Balaban J connectivity index is 1.77. The summed E-state index contributed by atoms with van der Waals surface area (Å²) in [5, 5.41) is 12.8. The summed E-state index contributed by atoms with van der Waals surface area (Å²) in [6, 6.07) is 7.32. The van der Waals surface area contributed by atoms with Crippen molar-refractivity contribution in [2.24, 2.45) is 0 Å². The van der Waals surface area contributed by atoms with Crippen molar-refractivity contribution in [1.82, 2.24) is 15.1 Å². The molecule has 2 rings (SSSR count). The van der Waals surface area contributed by atoms with Crippen LogP contribution < -0.4 is 5.32 Å². The van der Waals surface area contributed by atoms with Gasteiger partial charge in [0.05, 0.1) is 0 Å². The highest BCUT2D eigenvalue weighted by Crippen LogP contribution is 2.27. The Morgan fingerprint density at radius 1 is 0.935 bits per heavy atom. The first-order chi connectivity index (χ1) is 15.0. The fourth-order valence-corrected chi connectivity index (χ4v) is 4.14. The minimum atomic E-state index is -0.160. The first kappa shape index (κ1) is 25.3. The second-order valence-electron chi connectivity index (χ2n) is 7.62. The lowest BCUT2D eigenvalue weighted by atomic mass is 10.1. The van der Waals surface area contributed by atoms with Gasteiger partial charge in [0, 0.05) is 36.5 Å². The van der Waals surface area contributed by atoms with Crippen LogP contribution in [0.4, 0.5) is 5.13 Å². The Labute approximate surface area is 194 Å². The Kier molecular flexibility index (Phi) is 11.5. The molecule has 1 aromatic heterocycles. The molecule has 8 heteroatoms. The van der Waals surface area contributed by atoms with E-state index in [0.717, 1.165) is 24.8 Å². The summed E-state index contributed by atoms with van der Waals surface area (Å²) >= 11 is 7.23. The van der Waals surface area contributed by atoms with Crippen LogP contribution in [-0.4, -0.2) is 40.0 Å². The number of nitrogens with one attached hydrogen (secondary N) is 1. The monoisotopic (exact) mass is 464 g/mol. The molecule has 1 aromatic carbocycles. The van der Waals surface area contributed by atoms with Gasteiger partial charge in [-0.25, -0.2) is 0 Å². The smallest absolute Gasteiger partial charge is 0.227 e. The minimum Gasteiger partial charge on any atom is -0.342 e. The molecule has 0 aliphatic heterocycles. The highest BCUT2D eigenvalue weighted by molar-refractivity contribution is 7.18. The number of amides is 2. The number of anilines is 1. The number of aromatic nitrogens is 2. The van der Waals surface area contributed by atoms with Gasteiger partial charge in [0.2, 0.25) is 16.9 Å². The molecule has 0 saturated carbocycles. The first-order valence-electron chi connectivity index (χ1n) is 11.2. The number of halogens is 1. The number of hydrogen-bond acceptors (Lipinski definition) is 5. The molecule has 1 heterocycles. The summed E-state index contributed by atoms with van der Waals surface area (Å²) in [6.07, 6.45) is 8.64. The molecule has 0 atom stereocenters. The van der Waals surface area contributed by atoms with Crippen molar-refractivity contribution in [3.05, 3.63) is 29.3 Å². The Morgan fingerprint density at radius 2 is 1.65 bits per heavy atom. The number of benzene rings is 1. The van der Waals surface area contributed by atoms with E-state index in [2.05, 4.69) is 22.4 Å². The van der Waals surface area contributed by atoms with E-state index in [9.17, 15) is 9.59 Å². The maximum atomic E-state index is 12.5. The first-order valence-corrected chi connectivity index (χ1v) is 12.4. The molecule has 0 aliphatic carbocycles. The molecule has 0 radical (unpaired) electrons. The third-order valence-corrected chi connectivity index (χ3v) is 6.10. The third kappa shape index (κ3) is 9.35. The third-order valence-electron chi connectivity index (χ3n) is 4.96. The van der Waals surface area contributed by atoms with Crippen molar-refractivity contribution >= 4 is 39.9 Å². The lowest BCUT2D eigenvalue weighted by Crippen LogP contribution is -2.34. The van der Waals surface area contributed by atoms with Gasteiger partial charge >= 0.3 is 0 Å². The normalized spacial score (nSPS) is 10.8. The average Bonchev–Trinajstić information content (AvgIpc) is 3.22. The van der Waals surface area contributed by atoms with Crippen LogP contribution in [0, 0.1) is 0 Å². The van der Waals surface area contributed by atoms with Gasteiger partial charge in [-0.15, -0.1) is 10.2 Å². The molecule has 170 valence electrons. The largest absolute Gasteiger partial charge is 0.342 e. The molecule has 0 saturated heterocycles. The van der Waals surface area contributed by atoms with Crippen molar-refractivity contribution in [3.63, 3.8) is 0 Å². The van der Waals surface area contributed by atoms with E-state index in [1.807, 2.05) is 24.0 Å². The van der Waals surface area contributed by atoms with Crippen molar-refractivity contribution < 1.29 is 9.59 Å². The highest BCUT2D eigenvalue weighted by Gasteiger charge is 2.15.